The lowest BCUT2D eigenvalue weighted by atomic mass is 10.1. The van der Waals surface area contributed by atoms with E-state index in [2.05, 4.69) is 5.32 Å². The fourth-order valence-electron chi connectivity index (χ4n) is 2.71. The zero-order valence-corrected chi connectivity index (χ0v) is 13.5. The highest BCUT2D eigenvalue weighted by Crippen LogP contribution is 2.28. The molecule has 1 heterocycles. The predicted molar refractivity (Wildman–Crippen MR) is 84.0 cm³/mol. The third-order valence-corrected chi connectivity index (χ3v) is 6.46. The second-order valence-corrected chi connectivity index (χ2v) is 8.36. The van der Waals surface area contributed by atoms with Gasteiger partial charge >= 0.3 is 0 Å². The van der Waals surface area contributed by atoms with Gasteiger partial charge in [0.15, 0.2) is 0 Å². The summed E-state index contributed by atoms with van der Waals surface area (Å²) in [6, 6.07) is 6.86. The topological polar surface area (TPSA) is 49.4 Å². The second kappa shape index (κ2) is 6.24. The van der Waals surface area contributed by atoms with Gasteiger partial charge in [0.1, 0.15) is 0 Å². The van der Waals surface area contributed by atoms with Crippen LogP contribution in [0, 0.1) is 5.92 Å². The SMILES string of the molecule is O=S(=O)(c1ccc(Cl)cc1)N1CCC(NCC2CC2)CC1. The Morgan fingerprint density at radius 3 is 2.29 bits per heavy atom. The molecule has 0 amide bonds. The van der Waals surface area contributed by atoms with Crippen molar-refractivity contribution in [2.24, 2.45) is 5.92 Å². The molecule has 0 radical (unpaired) electrons. The fourth-order valence-corrected chi connectivity index (χ4v) is 4.31. The van der Waals surface area contributed by atoms with E-state index >= 15 is 0 Å². The second-order valence-electron chi connectivity index (χ2n) is 5.98. The zero-order valence-electron chi connectivity index (χ0n) is 12.0. The van der Waals surface area contributed by atoms with Crippen molar-refractivity contribution < 1.29 is 8.42 Å². The molecule has 1 N–H and O–H groups in total. The predicted octanol–water partition coefficient (Wildman–Crippen LogP) is 2.49. The molecule has 0 spiro atoms. The highest BCUT2D eigenvalue weighted by Gasteiger charge is 2.30. The minimum atomic E-state index is -3.37. The first-order valence-corrected chi connectivity index (χ1v) is 9.36. The molecule has 1 aliphatic heterocycles. The van der Waals surface area contributed by atoms with Gasteiger partial charge in [0.05, 0.1) is 4.90 Å². The van der Waals surface area contributed by atoms with Gasteiger partial charge in [-0.25, -0.2) is 8.42 Å². The first kappa shape index (κ1) is 15.3. The van der Waals surface area contributed by atoms with Crippen molar-refractivity contribution in [3.8, 4) is 0 Å². The minimum Gasteiger partial charge on any atom is -0.314 e. The molecule has 6 heteroatoms. The van der Waals surface area contributed by atoms with Crippen LogP contribution in [-0.4, -0.2) is 38.4 Å². The summed E-state index contributed by atoms with van der Waals surface area (Å²) in [5, 5.41) is 4.12. The number of sulfonamides is 1. The number of piperidine rings is 1. The summed E-state index contributed by atoms with van der Waals surface area (Å²) in [6.45, 7) is 2.27. The summed E-state index contributed by atoms with van der Waals surface area (Å²) in [4.78, 5) is 0.330. The van der Waals surface area contributed by atoms with Crippen molar-refractivity contribution >= 4 is 21.6 Å². The van der Waals surface area contributed by atoms with Crippen LogP contribution in [0.3, 0.4) is 0 Å². The lowest BCUT2D eigenvalue weighted by molar-refractivity contribution is 0.288. The zero-order chi connectivity index (χ0) is 14.9. The average Bonchev–Trinajstić information content (AvgIpc) is 3.30. The summed E-state index contributed by atoms with van der Waals surface area (Å²) in [7, 11) is -3.37. The molecule has 1 aromatic carbocycles. The number of halogens is 1. The van der Waals surface area contributed by atoms with E-state index in [1.165, 1.54) is 12.8 Å². The maximum Gasteiger partial charge on any atom is 0.243 e. The molecular weight excluding hydrogens is 308 g/mol. The molecule has 0 unspecified atom stereocenters. The van der Waals surface area contributed by atoms with Gasteiger partial charge in [-0.3, -0.25) is 0 Å². The molecule has 3 rings (SSSR count). The minimum absolute atomic E-state index is 0.330. The summed E-state index contributed by atoms with van der Waals surface area (Å²) >= 11 is 5.82. The number of benzene rings is 1. The van der Waals surface area contributed by atoms with Crippen molar-refractivity contribution in [1.29, 1.82) is 0 Å². The van der Waals surface area contributed by atoms with Crippen LogP contribution in [0.4, 0.5) is 0 Å². The Kier molecular flexibility index (Phi) is 4.54. The van der Waals surface area contributed by atoms with Gasteiger partial charge in [-0.15, -0.1) is 0 Å². The molecule has 2 fully saturated rings. The van der Waals surface area contributed by atoms with E-state index in [-0.39, 0.29) is 0 Å². The summed E-state index contributed by atoms with van der Waals surface area (Å²) < 4.78 is 26.7. The monoisotopic (exact) mass is 328 g/mol. The first-order chi connectivity index (χ1) is 10.1. The lowest BCUT2D eigenvalue weighted by Crippen LogP contribution is -2.45. The molecule has 1 saturated carbocycles. The molecule has 4 nitrogen and oxygen atoms in total. The van der Waals surface area contributed by atoms with Gasteiger partial charge in [0, 0.05) is 24.2 Å². The lowest BCUT2D eigenvalue weighted by Gasteiger charge is -2.31. The van der Waals surface area contributed by atoms with E-state index < -0.39 is 10.0 Å². The molecule has 0 aromatic heterocycles. The van der Waals surface area contributed by atoms with E-state index in [4.69, 9.17) is 11.6 Å². The molecule has 2 aliphatic rings. The summed E-state index contributed by atoms with van der Waals surface area (Å²) in [6.07, 6.45) is 4.46. The maximum absolute atomic E-state index is 12.5. The van der Waals surface area contributed by atoms with Crippen LogP contribution < -0.4 is 5.32 Å². The fraction of sp³-hybridized carbons (Fsp3) is 0.600. The molecule has 0 bridgehead atoms. The molecule has 0 atom stereocenters. The Morgan fingerprint density at radius 2 is 1.71 bits per heavy atom. The van der Waals surface area contributed by atoms with Crippen LogP contribution in [0.1, 0.15) is 25.7 Å². The Bertz CT molecular complexity index is 576. The summed E-state index contributed by atoms with van der Waals surface area (Å²) in [5.41, 5.74) is 0. The molecule has 1 aromatic rings. The Balaban J connectivity index is 1.58. The van der Waals surface area contributed by atoms with Crippen molar-refractivity contribution in [2.75, 3.05) is 19.6 Å². The van der Waals surface area contributed by atoms with Crippen LogP contribution >= 0.6 is 11.6 Å². The highest BCUT2D eigenvalue weighted by molar-refractivity contribution is 7.89. The van der Waals surface area contributed by atoms with E-state index in [0.717, 1.165) is 25.3 Å². The van der Waals surface area contributed by atoms with Crippen molar-refractivity contribution in [3.63, 3.8) is 0 Å². The van der Waals surface area contributed by atoms with Gasteiger partial charge in [-0.1, -0.05) is 11.6 Å². The number of hydrogen-bond donors (Lipinski definition) is 1. The quantitative estimate of drug-likeness (QED) is 0.903. The van der Waals surface area contributed by atoms with Gasteiger partial charge in [-0.2, -0.15) is 4.31 Å². The first-order valence-electron chi connectivity index (χ1n) is 7.55. The third kappa shape index (κ3) is 3.77. The number of nitrogens with one attached hydrogen (secondary N) is 1. The van der Waals surface area contributed by atoms with Crippen LogP contribution in [0.2, 0.25) is 5.02 Å². The van der Waals surface area contributed by atoms with Gasteiger partial charge < -0.3 is 5.32 Å². The molecule has 116 valence electrons. The van der Waals surface area contributed by atoms with Crippen LogP contribution in [-0.2, 0) is 10.0 Å². The van der Waals surface area contributed by atoms with Gasteiger partial charge in [0.25, 0.3) is 0 Å². The van der Waals surface area contributed by atoms with Crippen LogP contribution in [0.5, 0.6) is 0 Å². The van der Waals surface area contributed by atoms with E-state index in [1.54, 1.807) is 28.6 Å². The molecular formula is C15H21ClN2O2S. The normalized spacial score (nSPS) is 21.6. The molecule has 21 heavy (non-hydrogen) atoms. The molecule has 1 saturated heterocycles. The standard InChI is InChI=1S/C15H21ClN2O2S/c16-13-3-5-15(6-4-13)21(19,20)18-9-7-14(8-10-18)17-11-12-1-2-12/h3-6,12,14,17H,1-2,7-11H2. The van der Waals surface area contributed by atoms with Crippen LogP contribution in [0.15, 0.2) is 29.2 Å². The van der Waals surface area contributed by atoms with Gasteiger partial charge in [0.2, 0.25) is 10.0 Å². The number of nitrogens with zero attached hydrogens (tertiary/aromatic N) is 1. The maximum atomic E-state index is 12.5. The van der Waals surface area contributed by atoms with Crippen molar-refractivity contribution in [2.45, 2.75) is 36.6 Å². The Morgan fingerprint density at radius 1 is 1.10 bits per heavy atom. The number of rotatable bonds is 5. The summed E-state index contributed by atoms with van der Waals surface area (Å²) in [5.74, 6) is 0.862. The third-order valence-electron chi connectivity index (χ3n) is 4.30. The number of hydrogen-bond acceptors (Lipinski definition) is 3. The largest absolute Gasteiger partial charge is 0.314 e. The Hall–Kier alpha value is -0.620. The Labute approximate surface area is 131 Å². The van der Waals surface area contributed by atoms with Crippen molar-refractivity contribution in [3.05, 3.63) is 29.3 Å². The van der Waals surface area contributed by atoms with Crippen molar-refractivity contribution in [1.82, 2.24) is 9.62 Å². The smallest absolute Gasteiger partial charge is 0.243 e. The molecule has 1 aliphatic carbocycles. The van der Waals surface area contributed by atoms with E-state index in [9.17, 15) is 8.42 Å². The van der Waals surface area contributed by atoms with Gasteiger partial charge in [-0.05, 0) is 62.4 Å². The average molecular weight is 329 g/mol. The highest BCUT2D eigenvalue weighted by atomic mass is 35.5. The van der Waals surface area contributed by atoms with E-state index in [0.29, 0.717) is 29.0 Å². The van der Waals surface area contributed by atoms with Crippen LogP contribution in [0.25, 0.3) is 0 Å². The van der Waals surface area contributed by atoms with E-state index in [1.807, 2.05) is 0 Å².